The highest BCUT2D eigenvalue weighted by molar-refractivity contribution is 5.57. The Kier molecular flexibility index (Phi) is 4.26. The zero-order chi connectivity index (χ0) is 12.1. The van der Waals surface area contributed by atoms with Crippen LogP contribution in [0.15, 0.2) is 18.2 Å². The Morgan fingerprint density at radius 1 is 1.29 bits per heavy atom. The summed E-state index contributed by atoms with van der Waals surface area (Å²) in [5.74, 6) is 0.928. The third kappa shape index (κ3) is 3.37. The highest BCUT2D eigenvalue weighted by Crippen LogP contribution is 2.24. The summed E-state index contributed by atoms with van der Waals surface area (Å²) in [6.45, 7) is 6.72. The van der Waals surface area contributed by atoms with Crippen LogP contribution in [0.4, 0.5) is 5.69 Å². The number of benzene rings is 1. The lowest BCUT2D eigenvalue weighted by Gasteiger charge is -2.17. The second kappa shape index (κ2) is 5.92. The van der Waals surface area contributed by atoms with Gasteiger partial charge in [0.15, 0.2) is 0 Å². The lowest BCUT2D eigenvalue weighted by atomic mass is 10.2. The summed E-state index contributed by atoms with van der Waals surface area (Å²) in [5, 5.41) is 3.47. The van der Waals surface area contributed by atoms with Crippen LogP contribution in [0.5, 0.6) is 5.75 Å². The van der Waals surface area contributed by atoms with Crippen LogP contribution < -0.4 is 10.1 Å². The van der Waals surface area contributed by atoms with E-state index in [1.807, 2.05) is 6.07 Å². The Hall–Kier alpha value is -1.22. The highest BCUT2D eigenvalue weighted by Gasteiger charge is 2.10. The quantitative estimate of drug-likeness (QED) is 0.847. The molecule has 1 aliphatic heterocycles. The van der Waals surface area contributed by atoms with Crippen molar-refractivity contribution in [2.45, 2.75) is 19.8 Å². The van der Waals surface area contributed by atoms with Crippen molar-refractivity contribution < 1.29 is 4.74 Å². The molecule has 3 nitrogen and oxygen atoms in total. The number of likely N-dealkylation sites (tertiary alicyclic amines) is 1. The first kappa shape index (κ1) is 12.2. The fourth-order valence-corrected chi connectivity index (χ4v) is 2.31. The molecule has 0 aliphatic carbocycles. The van der Waals surface area contributed by atoms with Gasteiger partial charge in [0, 0.05) is 13.1 Å². The van der Waals surface area contributed by atoms with Crippen molar-refractivity contribution in [3.8, 4) is 5.75 Å². The lowest BCUT2D eigenvalue weighted by molar-refractivity contribution is 0.352. The maximum atomic E-state index is 5.35. The van der Waals surface area contributed by atoms with Crippen LogP contribution in [-0.4, -0.2) is 38.2 Å². The fourth-order valence-electron chi connectivity index (χ4n) is 2.31. The Balaban J connectivity index is 1.86. The number of hydrogen-bond donors (Lipinski definition) is 1. The number of aryl methyl sites for hydroxylation is 1. The molecule has 17 heavy (non-hydrogen) atoms. The summed E-state index contributed by atoms with van der Waals surface area (Å²) in [5.41, 5.74) is 2.36. The summed E-state index contributed by atoms with van der Waals surface area (Å²) < 4.78 is 5.35. The van der Waals surface area contributed by atoms with Crippen LogP contribution >= 0.6 is 0 Å². The van der Waals surface area contributed by atoms with Gasteiger partial charge in [0.05, 0.1) is 12.8 Å². The Labute approximate surface area is 104 Å². The van der Waals surface area contributed by atoms with E-state index in [0.717, 1.165) is 24.5 Å². The van der Waals surface area contributed by atoms with E-state index in [1.165, 1.54) is 31.5 Å². The fraction of sp³-hybridized carbons (Fsp3) is 0.571. The Morgan fingerprint density at radius 3 is 2.76 bits per heavy atom. The molecule has 0 atom stereocenters. The zero-order valence-electron chi connectivity index (χ0n) is 10.8. The maximum Gasteiger partial charge on any atom is 0.141 e. The highest BCUT2D eigenvalue weighted by atomic mass is 16.5. The molecule has 2 rings (SSSR count). The molecule has 0 unspecified atom stereocenters. The molecule has 0 aromatic heterocycles. The van der Waals surface area contributed by atoms with E-state index in [2.05, 4.69) is 29.3 Å². The first-order chi connectivity index (χ1) is 8.29. The van der Waals surface area contributed by atoms with Crippen molar-refractivity contribution in [3.63, 3.8) is 0 Å². The van der Waals surface area contributed by atoms with Crippen LogP contribution in [0.3, 0.4) is 0 Å². The molecule has 3 heteroatoms. The van der Waals surface area contributed by atoms with Crippen LogP contribution in [-0.2, 0) is 0 Å². The van der Waals surface area contributed by atoms with Gasteiger partial charge in [0.1, 0.15) is 5.75 Å². The van der Waals surface area contributed by atoms with Crippen LogP contribution in [0, 0.1) is 6.92 Å². The van der Waals surface area contributed by atoms with Gasteiger partial charge in [0.2, 0.25) is 0 Å². The minimum Gasteiger partial charge on any atom is -0.495 e. The van der Waals surface area contributed by atoms with Gasteiger partial charge in [-0.05, 0) is 50.6 Å². The topological polar surface area (TPSA) is 24.5 Å². The number of ether oxygens (including phenoxy) is 1. The first-order valence-electron chi connectivity index (χ1n) is 6.40. The molecule has 0 spiro atoms. The summed E-state index contributed by atoms with van der Waals surface area (Å²) in [4.78, 5) is 2.51. The van der Waals surface area contributed by atoms with Gasteiger partial charge in [-0.1, -0.05) is 6.07 Å². The monoisotopic (exact) mass is 234 g/mol. The number of methoxy groups -OCH3 is 1. The molecule has 0 amide bonds. The molecule has 1 N–H and O–H groups in total. The van der Waals surface area contributed by atoms with E-state index < -0.39 is 0 Å². The van der Waals surface area contributed by atoms with Gasteiger partial charge in [-0.2, -0.15) is 0 Å². The molecule has 0 radical (unpaired) electrons. The molecule has 1 fully saturated rings. The molecule has 1 aromatic carbocycles. The number of nitrogens with zero attached hydrogens (tertiary/aromatic N) is 1. The summed E-state index contributed by atoms with van der Waals surface area (Å²) in [6, 6.07) is 6.24. The van der Waals surface area contributed by atoms with Gasteiger partial charge >= 0.3 is 0 Å². The summed E-state index contributed by atoms with van der Waals surface area (Å²) in [6.07, 6.45) is 2.71. The molecular formula is C14H22N2O. The van der Waals surface area contributed by atoms with Gasteiger partial charge in [-0.15, -0.1) is 0 Å². The predicted octanol–water partition coefficient (Wildman–Crippen LogP) is 2.51. The molecule has 1 aliphatic rings. The molecule has 0 bridgehead atoms. The normalized spacial score (nSPS) is 16.1. The molecule has 94 valence electrons. The molecule has 1 heterocycles. The zero-order valence-corrected chi connectivity index (χ0v) is 10.8. The number of rotatable bonds is 5. The SMILES string of the molecule is COc1ccc(C)cc1NCCN1CCCC1. The van der Waals surface area contributed by atoms with Crippen molar-refractivity contribution in [2.75, 3.05) is 38.6 Å². The van der Waals surface area contributed by atoms with Gasteiger partial charge < -0.3 is 15.0 Å². The second-order valence-corrected chi connectivity index (χ2v) is 4.68. The smallest absolute Gasteiger partial charge is 0.141 e. The van der Waals surface area contributed by atoms with E-state index in [4.69, 9.17) is 4.74 Å². The number of nitrogens with one attached hydrogen (secondary N) is 1. The predicted molar refractivity (Wildman–Crippen MR) is 71.9 cm³/mol. The van der Waals surface area contributed by atoms with Gasteiger partial charge in [-0.25, -0.2) is 0 Å². The molecular weight excluding hydrogens is 212 g/mol. The lowest BCUT2D eigenvalue weighted by Crippen LogP contribution is -2.26. The largest absolute Gasteiger partial charge is 0.495 e. The first-order valence-corrected chi connectivity index (χ1v) is 6.40. The molecule has 0 saturated carbocycles. The van der Waals surface area contributed by atoms with E-state index >= 15 is 0 Å². The molecule has 1 saturated heterocycles. The average molecular weight is 234 g/mol. The van der Waals surface area contributed by atoms with Crippen LogP contribution in [0.25, 0.3) is 0 Å². The Bertz CT molecular complexity index is 359. The molecule has 1 aromatic rings. The van der Waals surface area contributed by atoms with E-state index in [0.29, 0.717) is 0 Å². The van der Waals surface area contributed by atoms with E-state index in [-0.39, 0.29) is 0 Å². The van der Waals surface area contributed by atoms with Gasteiger partial charge in [-0.3, -0.25) is 0 Å². The van der Waals surface area contributed by atoms with Crippen molar-refractivity contribution >= 4 is 5.69 Å². The third-order valence-electron chi connectivity index (χ3n) is 3.30. The van der Waals surface area contributed by atoms with E-state index in [9.17, 15) is 0 Å². The standard InChI is InChI=1S/C14H22N2O/c1-12-5-6-14(17-2)13(11-12)15-7-10-16-8-3-4-9-16/h5-6,11,15H,3-4,7-10H2,1-2H3. The van der Waals surface area contributed by atoms with Crippen molar-refractivity contribution in [3.05, 3.63) is 23.8 Å². The summed E-state index contributed by atoms with van der Waals surface area (Å²) in [7, 11) is 1.72. The average Bonchev–Trinajstić information content (AvgIpc) is 2.82. The van der Waals surface area contributed by atoms with Gasteiger partial charge in [0.25, 0.3) is 0 Å². The summed E-state index contributed by atoms with van der Waals surface area (Å²) >= 11 is 0. The van der Waals surface area contributed by atoms with E-state index in [1.54, 1.807) is 7.11 Å². The maximum absolute atomic E-state index is 5.35. The minimum atomic E-state index is 0.928. The minimum absolute atomic E-state index is 0.928. The van der Waals surface area contributed by atoms with Crippen LogP contribution in [0.1, 0.15) is 18.4 Å². The third-order valence-corrected chi connectivity index (χ3v) is 3.30. The van der Waals surface area contributed by atoms with Crippen LogP contribution in [0.2, 0.25) is 0 Å². The Morgan fingerprint density at radius 2 is 2.06 bits per heavy atom. The van der Waals surface area contributed by atoms with Crippen molar-refractivity contribution in [1.82, 2.24) is 4.90 Å². The van der Waals surface area contributed by atoms with Crippen molar-refractivity contribution in [2.24, 2.45) is 0 Å². The second-order valence-electron chi connectivity index (χ2n) is 4.68. The number of hydrogen-bond acceptors (Lipinski definition) is 3. The van der Waals surface area contributed by atoms with Crippen molar-refractivity contribution in [1.29, 1.82) is 0 Å². The number of anilines is 1.